The summed E-state index contributed by atoms with van der Waals surface area (Å²) in [5.41, 5.74) is 2.54. The molecule has 0 fully saturated rings. The summed E-state index contributed by atoms with van der Waals surface area (Å²) in [6.45, 7) is 4.31. The topological polar surface area (TPSA) is 25.2 Å². The first-order valence-electron chi connectivity index (χ1n) is 4.98. The van der Waals surface area contributed by atoms with Gasteiger partial charge in [-0.15, -0.1) is 11.3 Å². The second kappa shape index (κ2) is 4.21. The molecule has 0 aromatic carbocycles. The highest BCUT2D eigenvalue weighted by Crippen LogP contribution is 2.30. The highest BCUT2D eigenvalue weighted by atomic mass is 32.1. The lowest BCUT2D eigenvalue weighted by atomic mass is 10.1. The van der Waals surface area contributed by atoms with Crippen molar-refractivity contribution in [2.75, 3.05) is 7.05 Å². The number of aryl methyl sites for hydroxylation is 2. The minimum Gasteiger partial charge on any atom is -0.472 e. The molecule has 0 radical (unpaired) electrons. The van der Waals surface area contributed by atoms with Crippen LogP contribution in [0.1, 0.15) is 26.9 Å². The first kappa shape index (κ1) is 10.5. The van der Waals surface area contributed by atoms with Gasteiger partial charge in [0.2, 0.25) is 0 Å². The summed E-state index contributed by atoms with van der Waals surface area (Å²) >= 11 is 1.84. The van der Waals surface area contributed by atoms with Crippen molar-refractivity contribution < 1.29 is 4.42 Å². The zero-order valence-corrected chi connectivity index (χ0v) is 10.0. The largest absolute Gasteiger partial charge is 0.472 e. The number of hydrogen-bond acceptors (Lipinski definition) is 3. The van der Waals surface area contributed by atoms with Crippen LogP contribution >= 0.6 is 11.3 Å². The van der Waals surface area contributed by atoms with Crippen LogP contribution in [-0.4, -0.2) is 7.05 Å². The Hall–Kier alpha value is -1.06. The Morgan fingerprint density at radius 2 is 2.20 bits per heavy atom. The van der Waals surface area contributed by atoms with Gasteiger partial charge in [-0.3, -0.25) is 0 Å². The Morgan fingerprint density at radius 3 is 2.67 bits per heavy atom. The number of thiophene rings is 1. The Balaban J connectivity index is 2.35. The maximum atomic E-state index is 5.12. The Labute approximate surface area is 93.9 Å². The molecule has 80 valence electrons. The zero-order chi connectivity index (χ0) is 10.8. The van der Waals surface area contributed by atoms with Crippen molar-refractivity contribution in [2.45, 2.75) is 19.9 Å². The Bertz CT molecular complexity index is 411. The van der Waals surface area contributed by atoms with Crippen molar-refractivity contribution >= 4 is 11.3 Å². The molecule has 3 heteroatoms. The molecule has 0 bridgehead atoms. The summed E-state index contributed by atoms with van der Waals surface area (Å²) in [4.78, 5) is 2.72. The highest BCUT2D eigenvalue weighted by molar-refractivity contribution is 7.12. The van der Waals surface area contributed by atoms with Crippen LogP contribution in [0.5, 0.6) is 0 Å². The Morgan fingerprint density at radius 1 is 1.40 bits per heavy atom. The summed E-state index contributed by atoms with van der Waals surface area (Å²) in [6.07, 6.45) is 3.51. The van der Waals surface area contributed by atoms with Gasteiger partial charge in [-0.1, -0.05) is 0 Å². The third-order valence-electron chi connectivity index (χ3n) is 2.63. The maximum Gasteiger partial charge on any atom is 0.0954 e. The molecule has 2 nitrogen and oxygen atoms in total. The van der Waals surface area contributed by atoms with E-state index in [2.05, 4.69) is 25.2 Å². The number of furan rings is 1. The van der Waals surface area contributed by atoms with Gasteiger partial charge < -0.3 is 9.73 Å². The van der Waals surface area contributed by atoms with E-state index >= 15 is 0 Å². The van der Waals surface area contributed by atoms with Crippen molar-refractivity contribution in [1.82, 2.24) is 5.32 Å². The van der Waals surface area contributed by atoms with E-state index in [1.165, 1.54) is 20.9 Å². The lowest BCUT2D eigenvalue weighted by molar-refractivity contribution is 0.558. The van der Waals surface area contributed by atoms with Crippen LogP contribution in [-0.2, 0) is 0 Å². The van der Waals surface area contributed by atoms with E-state index < -0.39 is 0 Å². The highest BCUT2D eigenvalue weighted by Gasteiger charge is 2.15. The van der Waals surface area contributed by atoms with Gasteiger partial charge in [0.15, 0.2) is 0 Å². The quantitative estimate of drug-likeness (QED) is 0.860. The molecule has 1 N–H and O–H groups in total. The van der Waals surface area contributed by atoms with E-state index in [9.17, 15) is 0 Å². The summed E-state index contributed by atoms with van der Waals surface area (Å²) in [5, 5.41) is 3.31. The van der Waals surface area contributed by atoms with Gasteiger partial charge >= 0.3 is 0 Å². The monoisotopic (exact) mass is 221 g/mol. The average Bonchev–Trinajstić information content (AvgIpc) is 2.80. The van der Waals surface area contributed by atoms with Crippen LogP contribution in [0.3, 0.4) is 0 Å². The molecule has 1 unspecified atom stereocenters. The molecule has 1 atom stereocenters. The molecular formula is C12H15NOS. The number of nitrogens with one attached hydrogen (secondary N) is 1. The van der Waals surface area contributed by atoms with Gasteiger partial charge in [0.05, 0.1) is 18.6 Å². The molecule has 2 aromatic rings. The Kier molecular flexibility index (Phi) is 2.93. The van der Waals surface area contributed by atoms with Crippen molar-refractivity contribution in [3.05, 3.63) is 45.5 Å². The summed E-state index contributed by atoms with van der Waals surface area (Å²) in [7, 11) is 1.97. The molecule has 0 saturated carbocycles. The first-order chi connectivity index (χ1) is 7.22. The normalized spacial score (nSPS) is 13.0. The molecule has 2 rings (SSSR count). The summed E-state index contributed by atoms with van der Waals surface area (Å²) in [6, 6.07) is 4.50. The fraction of sp³-hybridized carbons (Fsp3) is 0.333. The fourth-order valence-corrected chi connectivity index (χ4v) is 2.84. The van der Waals surface area contributed by atoms with Crippen LogP contribution in [0, 0.1) is 13.8 Å². The molecular weight excluding hydrogens is 206 g/mol. The zero-order valence-electron chi connectivity index (χ0n) is 9.20. The third-order valence-corrected chi connectivity index (χ3v) is 3.85. The van der Waals surface area contributed by atoms with Crippen molar-refractivity contribution in [1.29, 1.82) is 0 Å². The van der Waals surface area contributed by atoms with E-state index in [1.807, 2.05) is 24.5 Å². The minimum absolute atomic E-state index is 0.251. The van der Waals surface area contributed by atoms with Crippen molar-refractivity contribution in [3.8, 4) is 0 Å². The van der Waals surface area contributed by atoms with Gasteiger partial charge in [-0.05, 0) is 38.6 Å². The average molecular weight is 221 g/mol. The third kappa shape index (κ3) is 1.98. The van der Waals surface area contributed by atoms with Gasteiger partial charge in [0.1, 0.15) is 0 Å². The molecule has 2 heterocycles. The van der Waals surface area contributed by atoms with E-state index in [1.54, 1.807) is 12.5 Å². The van der Waals surface area contributed by atoms with Crippen LogP contribution in [0.25, 0.3) is 0 Å². The lowest BCUT2D eigenvalue weighted by Gasteiger charge is -2.11. The molecule has 0 aliphatic carbocycles. The second-order valence-corrected chi connectivity index (χ2v) is 4.95. The summed E-state index contributed by atoms with van der Waals surface area (Å²) < 4.78 is 5.12. The first-order valence-corrected chi connectivity index (χ1v) is 5.80. The molecule has 0 amide bonds. The number of rotatable bonds is 3. The van der Waals surface area contributed by atoms with Gasteiger partial charge in [0.25, 0.3) is 0 Å². The van der Waals surface area contributed by atoms with Crippen molar-refractivity contribution in [3.63, 3.8) is 0 Å². The van der Waals surface area contributed by atoms with Crippen molar-refractivity contribution in [2.24, 2.45) is 0 Å². The molecule has 0 saturated heterocycles. The molecule has 0 aliphatic rings. The molecule has 2 aromatic heterocycles. The van der Waals surface area contributed by atoms with E-state index in [4.69, 9.17) is 4.42 Å². The smallest absolute Gasteiger partial charge is 0.0954 e. The van der Waals surface area contributed by atoms with Crippen LogP contribution in [0.2, 0.25) is 0 Å². The van der Waals surface area contributed by atoms with E-state index in [0.717, 1.165) is 0 Å². The minimum atomic E-state index is 0.251. The van der Waals surface area contributed by atoms with E-state index in [0.29, 0.717) is 0 Å². The van der Waals surface area contributed by atoms with Crippen LogP contribution in [0.4, 0.5) is 0 Å². The van der Waals surface area contributed by atoms with Crippen LogP contribution < -0.4 is 5.32 Å². The SMILES string of the molecule is CNC(c1ccoc1)c1cc(C)c(C)s1. The molecule has 0 aliphatic heterocycles. The van der Waals surface area contributed by atoms with Gasteiger partial charge in [-0.2, -0.15) is 0 Å². The number of hydrogen-bond donors (Lipinski definition) is 1. The van der Waals surface area contributed by atoms with Gasteiger partial charge in [-0.25, -0.2) is 0 Å². The fourth-order valence-electron chi connectivity index (χ4n) is 1.66. The molecule has 15 heavy (non-hydrogen) atoms. The maximum absolute atomic E-state index is 5.12. The van der Waals surface area contributed by atoms with Gasteiger partial charge in [0, 0.05) is 15.3 Å². The standard InChI is InChI=1S/C12H15NOS/c1-8-6-11(15-9(8)2)12(13-3)10-4-5-14-7-10/h4-7,12-13H,1-3H3. The molecule has 0 spiro atoms. The predicted molar refractivity (Wildman–Crippen MR) is 63.4 cm³/mol. The predicted octanol–water partition coefficient (Wildman–Crippen LogP) is 3.27. The van der Waals surface area contributed by atoms with Crippen LogP contribution in [0.15, 0.2) is 29.1 Å². The second-order valence-electron chi connectivity index (χ2n) is 3.67. The summed E-state index contributed by atoms with van der Waals surface area (Å²) in [5.74, 6) is 0. The van der Waals surface area contributed by atoms with E-state index in [-0.39, 0.29) is 6.04 Å². The lowest BCUT2D eigenvalue weighted by Crippen LogP contribution is -2.15.